The highest BCUT2D eigenvalue weighted by Gasteiger charge is 2.39. The lowest BCUT2D eigenvalue weighted by atomic mass is 10.1. The highest BCUT2D eigenvalue weighted by molar-refractivity contribution is 9.11. The molecule has 3 rings (SSSR count). The number of amides is 2. The van der Waals surface area contributed by atoms with Crippen LogP contribution >= 0.6 is 31.9 Å². The first-order valence-corrected chi connectivity index (χ1v) is 7.60. The van der Waals surface area contributed by atoms with Crippen molar-refractivity contribution in [3.05, 3.63) is 26.9 Å². The number of carbonyl (C=O) groups excluding carboxylic acids is 1. The van der Waals surface area contributed by atoms with Gasteiger partial charge in [-0.25, -0.2) is 4.79 Å². The summed E-state index contributed by atoms with van der Waals surface area (Å²) in [5.41, 5.74) is 6.64. The van der Waals surface area contributed by atoms with Gasteiger partial charge in [-0.05, 0) is 56.7 Å². The quantitative estimate of drug-likeness (QED) is 0.866. The highest BCUT2D eigenvalue weighted by atomic mass is 79.9. The van der Waals surface area contributed by atoms with Crippen molar-refractivity contribution in [2.24, 2.45) is 16.6 Å². The summed E-state index contributed by atoms with van der Waals surface area (Å²) in [6.07, 6.45) is 4.04. The average molecular weight is 388 g/mol. The number of aliphatic imine (C=N–C) groups is 1. The molecule has 0 aromatic carbocycles. The minimum atomic E-state index is -0.351. The molecule has 1 fully saturated rings. The molecule has 19 heavy (non-hydrogen) atoms. The van der Waals surface area contributed by atoms with Gasteiger partial charge >= 0.3 is 6.03 Å². The molecule has 1 aliphatic heterocycles. The molecule has 1 aliphatic carbocycles. The second-order valence-electron chi connectivity index (χ2n) is 4.84. The first-order valence-electron chi connectivity index (χ1n) is 6.02. The molecule has 1 atom stereocenters. The SMILES string of the molecule is NC1=NC(=O)N(CC2CC2)C1c1ncc(Br)cc1Br. The largest absolute Gasteiger partial charge is 0.385 e. The van der Waals surface area contributed by atoms with E-state index in [4.69, 9.17) is 5.73 Å². The first-order chi connectivity index (χ1) is 9.06. The zero-order chi connectivity index (χ0) is 13.6. The summed E-state index contributed by atoms with van der Waals surface area (Å²) >= 11 is 6.84. The Kier molecular flexibility index (Phi) is 3.34. The molecule has 2 amide bonds. The molecule has 0 spiro atoms. The van der Waals surface area contributed by atoms with Crippen molar-refractivity contribution in [2.75, 3.05) is 6.54 Å². The second kappa shape index (κ2) is 4.86. The van der Waals surface area contributed by atoms with Gasteiger partial charge in [-0.2, -0.15) is 4.99 Å². The third-order valence-corrected chi connectivity index (χ3v) is 4.38. The summed E-state index contributed by atoms with van der Waals surface area (Å²) in [6, 6.07) is 1.29. The van der Waals surface area contributed by atoms with E-state index in [9.17, 15) is 4.79 Å². The summed E-state index contributed by atoms with van der Waals surface area (Å²) in [5, 5.41) is 0. The van der Waals surface area contributed by atoms with Gasteiger partial charge in [0, 0.05) is 21.7 Å². The normalized spacial score (nSPS) is 22.8. The standard InChI is InChI=1S/C12H12Br2N4O/c13-7-3-8(14)9(16-4-7)10-11(15)17-12(19)18(10)5-6-1-2-6/h3-4,6,10H,1-2,5H2,(H2,15,17,19). The second-order valence-corrected chi connectivity index (χ2v) is 6.61. The number of hydrogen-bond donors (Lipinski definition) is 1. The zero-order valence-corrected chi connectivity index (χ0v) is 13.2. The van der Waals surface area contributed by atoms with Crippen molar-refractivity contribution >= 4 is 43.7 Å². The molecular weight excluding hydrogens is 376 g/mol. The number of rotatable bonds is 3. The molecule has 100 valence electrons. The van der Waals surface area contributed by atoms with Crippen LogP contribution in [0, 0.1) is 5.92 Å². The zero-order valence-electron chi connectivity index (χ0n) is 10.0. The van der Waals surface area contributed by atoms with Crippen LogP contribution in [0.1, 0.15) is 24.6 Å². The number of carbonyl (C=O) groups is 1. The van der Waals surface area contributed by atoms with Gasteiger partial charge in [0.2, 0.25) is 0 Å². The van der Waals surface area contributed by atoms with Crippen molar-refractivity contribution < 1.29 is 4.79 Å². The third kappa shape index (κ3) is 2.53. The van der Waals surface area contributed by atoms with Crippen molar-refractivity contribution in [2.45, 2.75) is 18.9 Å². The lowest BCUT2D eigenvalue weighted by Crippen LogP contribution is -2.35. The fourth-order valence-electron chi connectivity index (χ4n) is 2.18. The van der Waals surface area contributed by atoms with Crippen molar-refractivity contribution in [3.63, 3.8) is 0 Å². The number of aromatic nitrogens is 1. The molecule has 1 unspecified atom stereocenters. The van der Waals surface area contributed by atoms with Gasteiger partial charge in [0.25, 0.3) is 0 Å². The number of nitrogens with zero attached hydrogens (tertiary/aromatic N) is 3. The fourth-order valence-corrected chi connectivity index (χ4v) is 3.39. The molecule has 0 saturated heterocycles. The van der Waals surface area contributed by atoms with Gasteiger partial charge in [0.05, 0.1) is 5.69 Å². The number of nitrogens with two attached hydrogens (primary N) is 1. The van der Waals surface area contributed by atoms with Crippen LogP contribution in [0.5, 0.6) is 0 Å². The predicted molar refractivity (Wildman–Crippen MR) is 78.8 cm³/mol. The minimum Gasteiger partial charge on any atom is -0.385 e. The Morgan fingerprint density at radius 1 is 1.42 bits per heavy atom. The Balaban J connectivity index is 1.95. The van der Waals surface area contributed by atoms with E-state index >= 15 is 0 Å². The number of hydrogen-bond acceptors (Lipinski definition) is 3. The molecule has 1 aromatic rings. The summed E-state index contributed by atoms with van der Waals surface area (Å²) in [4.78, 5) is 21.9. The minimum absolute atomic E-state index is 0.258. The van der Waals surface area contributed by atoms with E-state index < -0.39 is 0 Å². The van der Waals surface area contributed by atoms with Gasteiger partial charge in [0.1, 0.15) is 11.9 Å². The van der Waals surface area contributed by atoms with Crippen LogP contribution in [-0.2, 0) is 0 Å². The van der Waals surface area contributed by atoms with Gasteiger partial charge in [-0.1, -0.05) is 0 Å². The maximum absolute atomic E-state index is 11.9. The molecule has 1 saturated carbocycles. The number of halogens is 2. The van der Waals surface area contributed by atoms with Crippen LogP contribution < -0.4 is 5.73 Å². The predicted octanol–water partition coefficient (Wildman–Crippen LogP) is 2.85. The molecule has 1 aromatic heterocycles. The van der Waals surface area contributed by atoms with E-state index in [1.54, 1.807) is 11.1 Å². The lowest BCUT2D eigenvalue weighted by Gasteiger charge is -2.24. The molecular formula is C12H12Br2N4O. The van der Waals surface area contributed by atoms with Crippen molar-refractivity contribution in [3.8, 4) is 0 Å². The Hall–Kier alpha value is -0.950. The monoisotopic (exact) mass is 386 g/mol. The Morgan fingerprint density at radius 3 is 2.79 bits per heavy atom. The van der Waals surface area contributed by atoms with Gasteiger partial charge in [0.15, 0.2) is 0 Å². The van der Waals surface area contributed by atoms with Crippen molar-refractivity contribution in [1.82, 2.24) is 9.88 Å². The fraction of sp³-hybridized carbons (Fsp3) is 0.417. The van der Waals surface area contributed by atoms with Gasteiger partial charge in [-0.3, -0.25) is 4.98 Å². The Morgan fingerprint density at radius 2 is 2.16 bits per heavy atom. The van der Waals surface area contributed by atoms with Crippen LogP contribution in [-0.4, -0.2) is 28.3 Å². The number of pyridine rings is 1. The Bertz CT molecular complexity index is 571. The Labute approximate surface area is 127 Å². The highest BCUT2D eigenvalue weighted by Crippen LogP contribution is 2.36. The van der Waals surface area contributed by atoms with E-state index in [2.05, 4.69) is 41.8 Å². The van der Waals surface area contributed by atoms with Gasteiger partial charge in [-0.15, -0.1) is 0 Å². The van der Waals surface area contributed by atoms with E-state index in [1.165, 1.54) is 12.8 Å². The first kappa shape index (κ1) is 13.1. The number of amidine groups is 1. The lowest BCUT2D eigenvalue weighted by molar-refractivity contribution is 0.203. The van der Waals surface area contributed by atoms with Crippen molar-refractivity contribution in [1.29, 1.82) is 0 Å². The maximum Gasteiger partial charge on any atom is 0.346 e. The molecule has 0 radical (unpaired) electrons. The van der Waals surface area contributed by atoms with E-state index in [-0.39, 0.29) is 12.1 Å². The van der Waals surface area contributed by atoms with Gasteiger partial charge < -0.3 is 10.6 Å². The summed E-state index contributed by atoms with van der Waals surface area (Å²) in [6.45, 7) is 0.706. The molecule has 5 nitrogen and oxygen atoms in total. The number of urea groups is 1. The molecule has 2 N–H and O–H groups in total. The average Bonchev–Trinajstić information content (AvgIpc) is 3.09. The topological polar surface area (TPSA) is 71.6 Å². The van der Waals surface area contributed by atoms with Crippen LogP contribution in [0.25, 0.3) is 0 Å². The summed E-state index contributed by atoms with van der Waals surface area (Å²) < 4.78 is 1.69. The maximum atomic E-state index is 11.9. The molecule has 2 aliphatic rings. The molecule has 7 heteroatoms. The van der Waals surface area contributed by atoms with Crippen LogP contribution in [0.3, 0.4) is 0 Å². The van der Waals surface area contributed by atoms with E-state index in [0.29, 0.717) is 18.3 Å². The molecule has 0 bridgehead atoms. The molecule has 2 heterocycles. The summed E-state index contributed by atoms with van der Waals surface area (Å²) in [7, 11) is 0. The summed E-state index contributed by atoms with van der Waals surface area (Å²) in [5.74, 6) is 0.906. The van der Waals surface area contributed by atoms with E-state index in [1.807, 2.05) is 6.07 Å². The smallest absolute Gasteiger partial charge is 0.346 e. The van der Waals surface area contributed by atoms with Crippen LogP contribution in [0.4, 0.5) is 4.79 Å². The third-order valence-electron chi connectivity index (χ3n) is 3.31. The van der Waals surface area contributed by atoms with Crippen LogP contribution in [0.2, 0.25) is 0 Å². The van der Waals surface area contributed by atoms with Crippen LogP contribution in [0.15, 0.2) is 26.2 Å². The van der Waals surface area contributed by atoms with E-state index in [0.717, 1.165) is 14.6 Å².